The highest BCUT2D eigenvalue weighted by Gasteiger charge is 2.08. The summed E-state index contributed by atoms with van der Waals surface area (Å²) in [5.41, 5.74) is 0. The zero-order valence-corrected chi connectivity index (χ0v) is 5.93. The first-order chi connectivity index (χ1) is 3.30. The minimum absolute atomic E-state index is 0.608. The van der Waals surface area contributed by atoms with Crippen LogP contribution in [-0.2, 0) is 0 Å². The van der Waals surface area contributed by atoms with E-state index in [2.05, 4.69) is 12.7 Å². The van der Waals surface area contributed by atoms with Gasteiger partial charge in [0.15, 0.2) is 0 Å². The average Bonchev–Trinajstić information content (AvgIpc) is 1.91. The Hall–Kier alpha value is 0.260. The molecule has 1 aliphatic rings. The Balaban J connectivity index is 2.62. The molecule has 0 fully saturated rings. The van der Waals surface area contributed by atoms with Gasteiger partial charge in [-0.05, 0) is 0 Å². The molecule has 1 aliphatic heterocycles. The van der Waals surface area contributed by atoms with Gasteiger partial charge in [-0.2, -0.15) is 0 Å². The fourth-order valence-electron chi connectivity index (χ4n) is 0.528. The number of thiocarbonyl (C=S) groups is 1. The Morgan fingerprint density at radius 2 is 2.71 bits per heavy atom. The lowest BCUT2D eigenvalue weighted by molar-refractivity contribution is 1.13. The molecule has 1 unspecified atom stereocenters. The summed E-state index contributed by atoms with van der Waals surface area (Å²) < 4.78 is 0. The van der Waals surface area contributed by atoms with Crippen molar-refractivity contribution in [2.75, 3.05) is 6.16 Å². The monoisotopic (exact) mass is 130 g/mol. The van der Waals surface area contributed by atoms with E-state index in [0.29, 0.717) is 5.92 Å². The zero-order chi connectivity index (χ0) is 5.28. The van der Waals surface area contributed by atoms with Gasteiger partial charge in [0.1, 0.15) is 0 Å². The van der Waals surface area contributed by atoms with Crippen molar-refractivity contribution >= 4 is 31.1 Å². The van der Waals surface area contributed by atoms with Gasteiger partial charge >= 0.3 is 0 Å². The van der Waals surface area contributed by atoms with Crippen LogP contribution in [0.3, 0.4) is 0 Å². The van der Waals surface area contributed by atoms with Crippen molar-refractivity contribution in [3.63, 3.8) is 0 Å². The Kier molecular flexibility index (Phi) is 1.56. The molecule has 0 spiro atoms. The molecule has 1 atom stereocenters. The summed E-state index contributed by atoms with van der Waals surface area (Å²) in [5, 5.41) is 0. The zero-order valence-electron chi connectivity index (χ0n) is 4.22. The second-order valence-electron chi connectivity index (χ2n) is 1.74. The van der Waals surface area contributed by atoms with E-state index in [1.54, 1.807) is 0 Å². The van der Waals surface area contributed by atoms with Gasteiger partial charge in [0.25, 0.3) is 0 Å². The van der Waals surface area contributed by atoms with Crippen LogP contribution in [0.2, 0.25) is 0 Å². The van der Waals surface area contributed by atoms with Crippen molar-refractivity contribution in [2.24, 2.45) is 5.92 Å². The largest absolute Gasteiger partial charge is 0.103 e. The third-order valence-electron chi connectivity index (χ3n) is 1.08. The van der Waals surface area contributed by atoms with Gasteiger partial charge in [0.05, 0.1) is 0 Å². The predicted molar refractivity (Wildman–Crippen MR) is 39.6 cm³/mol. The Morgan fingerprint density at radius 1 is 2.00 bits per heavy atom. The SMILES string of the molecule is CC1C=PCC1=S. The molecule has 0 bridgehead atoms. The summed E-state index contributed by atoms with van der Waals surface area (Å²) in [6, 6.07) is 0. The van der Waals surface area contributed by atoms with Crippen molar-refractivity contribution < 1.29 is 0 Å². The van der Waals surface area contributed by atoms with E-state index in [0.717, 1.165) is 6.16 Å². The summed E-state index contributed by atoms with van der Waals surface area (Å²) in [7, 11) is 1.41. The molecule has 0 amide bonds. The number of hydrogen-bond acceptors (Lipinski definition) is 1. The highest BCUT2D eigenvalue weighted by molar-refractivity contribution is 7.81. The van der Waals surface area contributed by atoms with Crippen molar-refractivity contribution in [1.29, 1.82) is 0 Å². The molecule has 0 saturated heterocycles. The predicted octanol–water partition coefficient (Wildman–Crippen LogP) is 1.75. The van der Waals surface area contributed by atoms with Crippen molar-refractivity contribution in [3.05, 3.63) is 0 Å². The molecule has 0 N–H and O–H groups in total. The lowest BCUT2D eigenvalue weighted by Crippen LogP contribution is -2.03. The van der Waals surface area contributed by atoms with Gasteiger partial charge in [-0.15, -0.1) is 8.20 Å². The molecule has 7 heavy (non-hydrogen) atoms. The molecular weight excluding hydrogens is 123 g/mol. The van der Waals surface area contributed by atoms with Crippen LogP contribution in [0.5, 0.6) is 0 Å². The van der Waals surface area contributed by atoms with Crippen LogP contribution in [0.15, 0.2) is 0 Å². The third-order valence-corrected chi connectivity index (χ3v) is 3.00. The first-order valence-electron chi connectivity index (χ1n) is 2.33. The van der Waals surface area contributed by atoms with E-state index < -0.39 is 0 Å². The molecule has 0 aromatic heterocycles. The Bertz CT molecular complexity index is 117. The minimum atomic E-state index is 0.608. The van der Waals surface area contributed by atoms with Crippen molar-refractivity contribution in [1.82, 2.24) is 0 Å². The van der Waals surface area contributed by atoms with Gasteiger partial charge in [-0.1, -0.05) is 24.9 Å². The summed E-state index contributed by atoms with van der Waals surface area (Å²) in [4.78, 5) is 1.22. The molecule has 0 nitrogen and oxygen atoms in total. The van der Waals surface area contributed by atoms with Crippen LogP contribution in [0.25, 0.3) is 0 Å². The molecule has 0 saturated carbocycles. The maximum atomic E-state index is 5.00. The van der Waals surface area contributed by atoms with Crippen LogP contribution >= 0.6 is 20.4 Å². The molecule has 0 radical (unpaired) electrons. The third kappa shape index (κ3) is 1.08. The van der Waals surface area contributed by atoms with Gasteiger partial charge < -0.3 is 0 Å². The summed E-state index contributed by atoms with van der Waals surface area (Å²) in [6.45, 7) is 2.16. The maximum absolute atomic E-state index is 5.00. The van der Waals surface area contributed by atoms with Crippen LogP contribution in [0.1, 0.15) is 6.92 Å². The standard InChI is InChI=1S/C5H7PS/c1-4-2-6-3-5(4)7/h2,4H,3H2,1H3. The van der Waals surface area contributed by atoms with Crippen molar-refractivity contribution in [2.45, 2.75) is 6.92 Å². The van der Waals surface area contributed by atoms with Gasteiger partial charge in [-0.3, -0.25) is 0 Å². The topological polar surface area (TPSA) is 0 Å². The lowest BCUT2D eigenvalue weighted by Gasteiger charge is -1.93. The molecular formula is C5H7PS. The van der Waals surface area contributed by atoms with Crippen LogP contribution < -0.4 is 0 Å². The molecule has 38 valence electrons. The molecule has 0 aromatic rings. The van der Waals surface area contributed by atoms with Crippen molar-refractivity contribution in [3.8, 4) is 0 Å². The summed E-state index contributed by atoms with van der Waals surface area (Å²) in [5.74, 6) is 2.86. The first kappa shape index (κ1) is 5.40. The van der Waals surface area contributed by atoms with Crippen LogP contribution in [0.4, 0.5) is 0 Å². The van der Waals surface area contributed by atoms with Gasteiger partial charge in [0.2, 0.25) is 0 Å². The van der Waals surface area contributed by atoms with Crippen LogP contribution in [-0.4, -0.2) is 16.8 Å². The van der Waals surface area contributed by atoms with Gasteiger partial charge in [-0.25, -0.2) is 0 Å². The normalized spacial score (nSPS) is 31.6. The van der Waals surface area contributed by atoms with Crippen LogP contribution in [0, 0.1) is 5.92 Å². The second kappa shape index (κ2) is 2.02. The van der Waals surface area contributed by atoms with Gasteiger partial charge in [0, 0.05) is 16.9 Å². The minimum Gasteiger partial charge on any atom is -0.103 e. The Labute approximate surface area is 50.7 Å². The van der Waals surface area contributed by atoms with E-state index in [1.165, 1.54) is 13.1 Å². The lowest BCUT2D eigenvalue weighted by atomic mass is 10.2. The average molecular weight is 130 g/mol. The smallest absolute Gasteiger partial charge is 0.0213 e. The molecule has 1 heterocycles. The Morgan fingerprint density at radius 3 is 2.86 bits per heavy atom. The summed E-state index contributed by atoms with van der Waals surface area (Å²) in [6.07, 6.45) is 1.12. The van der Waals surface area contributed by atoms with E-state index in [1.807, 2.05) is 0 Å². The number of rotatable bonds is 0. The summed E-state index contributed by atoms with van der Waals surface area (Å²) >= 11 is 5.00. The highest BCUT2D eigenvalue weighted by atomic mass is 32.1. The van der Waals surface area contributed by atoms with E-state index >= 15 is 0 Å². The number of hydrogen-bond donors (Lipinski definition) is 0. The van der Waals surface area contributed by atoms with E-state index in [4.69, 9.17) is 12.2 Å². The first-order valence-corrected chi connectivity index (χ1v) is 3.89. The highest BCUT2D eigenvalue weighted by Crippen LogP contribution is 2.13. The van der Waals surface area contributed by atoms with E-state index in [-0.39, 0.29) is 0 Å². The molecule has 2 heteroatoms. The fraction of sp³-hybridized carbons (Fsp3) is 0.600. The maximum Gasteiger partial charge on any atom is 0.0213 e. The quantitative estimate of drug-likeness (QED) is 0.355. The molecule has 0 aromatic carbocycles. The molecule has 1 rings (SSSR count). The molecule has 0 aliphatic carbocycles. The fourth-order valence-corrected chi connectivity index (χ4v) is 1.99. The van der Waals surface area contributed by atoms with E-state index in [9.17, 15) is 0 Å². The second-order valence-corrected chi connectivity index (χ2v) is 3.25.